The van der Waals surface area contributed by atoms with Crippen LogP contribution in [0.4, 0.5) is 16.2 Å². The van der Waals surface area contributed by atoms with Crippen LogP contribution in [0.3, 0.4) is 0 Å². The van der Waals surface area contributed by atoms with E-state index >= 15 is 0 Å². The van der Waals surface area contributed by atoms with Crippen LogP contribution in [-0.4, -0.2) is 32.2 Å². The van der Waals surface area contributed by atoms with E-state index in [4.69, 9.17) is 16.7 Å². The Balaban J connectivity index is 2.54. The van der Waals surface area contributed by atoms with Gasteiger partial charge < -0.3 is 15.7 Å². The van der Waals surface area contributed by atoms with Gasteiger partial charge in [0.15, 0.2) is 5.15 Å². The number of halogens is 1. The molecule has 0 spiro atoms. The number of benzene rings is 1. The Morgan fingerprint density at radius 1 is 1.26 bits per heavy atom. The van der Waals surface area contributed by atoms with Crippen LogP contribution in [0.5, 0.6) is 0 Å². The van der Waals surface area contributed by atoms with E-state index in [1.165, 1.54) is 30.3 Å². The van der Waals surface area contributed by atoms with Crippen molar-refractivity contribution in [1.82, 2.24) is 15.5 Å². The first-order chi connectivity index (χ1) is 14.8. The van der Waals surface area contributed by atoms with E-state index in [1.54, 1.807) is 6.08 Å². The molecule has 0 fully saturated rings. The summed E-state index contributed by atoms with van der Waals surface area (Å²) in [7, 11) is 0. The highest BCUT2D eigenvalue weighted by Crippen LogP contribution is 2.33. The van der Waals surface area contributed by atoms with Gasteiger partial charge in [0.2, 0.25) is 5.91 Å². The Kier molecular flexibility index (Phi) is 8.21. The van der Waals surface area contributed by atoms with Crippen molar-refractivity contribution in [1.29, 1.82) is 0 Å². The number of nitro groups is 1. The molecule has 162 valence electrons. The number of amides is 2. The molecule has 1 atom stereocenters. The van der Waals surface area contributed by atoms with Gasteiger partial charge in [-0.05, 0) is 25.0 Å². The number of hydrogen-bond acceptors (Lipinski definition) is 6. The summed E-state index contributed by atoms with van der Waals surface area (Å²) in [4.78, 5) is 33.9. The zero-order chi connectivity index (χ0) is 23.0. The Labute approximate surface area is 182 Å². The summed E-state index contributed by atoms with van der Waals surface area (Å²) in [5.41, 5.74) is 0.890. The molecule has 0 saturated heterocycles. The van der Waals surface area contributed by atoms with Gasteiger partial charge in [0.25, 0.3) is 5.69 Å². The predicted molar refractivity (Wildman–Crippen MR) is 116 cm³/mol. The third kappa shape index (κ3) is 6.34. The van der Waals surface area contributed by atoms with Gasteiger partial charge in [0.1, 0.15) is 0 Å². The van der Waals surface area contributed by atoms with E-state index in [0.29, 0.717) is 17.5 Å². The fraction of sp³-hybridized carbons (Fsp3) is 0.200. The van der Waals surface area contributed by atoms with E-state index < -0.39 is 17.1 Å². The van der Waals surface area contributed by atoms with Gasteiger partial charge in [0, 0.05) is 29.7 Å². The van der Waals surface area contributed by atoms with Gasteiger partial charge in [0.05, 0.1) is 22.3 Å². The quantitative estimate of drug-likeness (QED) is 0.277. The first-order valence-electron chi connectivity index (χ1n) is 9.09. The number of rotatable bonds is 10. The third-order valence-corrected chi connectivity index (χ3v) is 4.48. The van der Waals surface area contributed by atoms with E-state index in [0.717, 1.165) is 0 Å². The fourth-order valence-corrected chi connectivity index (χ4v) is 2.99. The smallest absolute Gasteiger partial charge is 0.405 e. The van der Waals surface area contributed by atoms with Gasteiger partial charge in [-0.1, -0.05) is 23.8 Å². The summed E-state index contributed by atoms with van der Waals surface area (Å²) >= 11 is 6.14. The standard InChI is InChI=1S/C20H20ClN5O5/c1-3-5-7-18(27)22-16-10-12(26(30)31)8-9-13(16)17-11-14(19(21)25-24-17)15(6-4-2)23-20(28)29/h3-4,8-11,15,23H,1-2,5-7H2,(H,22,27)(H,28,29). The molecule has 2 aromatic rings. The predicted octanol–water partition coefficient (Wildman–Crippen LogP) is 4.49. The second-order valence-electron chi connectivity index (χ2n) is 6.36. The molecule has 1 aromatic heterocycles. The zero-order valence-electron chi connectivity index (χ0n) is 16.4. The van der Waals surface area contributed by atoms with Crippen molar-refractivity contribution in [3.05, 3.63) is 70.4 Å². The van der Waals surface area contributed by atoms with Crippen molar-refractivity contribution in [2.45, 2.75) is 25.3 Å². The van der Waals surface area contributed by atoms with Crippen LogP contribution in [0.15, 0.2) is 49.6 Å². The van der Waals surface area contributed by atoms with Crippen LogP contribution < -0.4 is 10.6 Å². The number of nitro benzene ring substituents is 1. The number of nitrogens with zero attached hydrogens (tertiary/aromatic N) is 3. The van der Waals surface area contributed by atoms with Gasteiger partial charge in [-0.15, -0.1) is 23.4 Å². The minimum Gasteiger partial charge on any atom is -0.465 e. The molecule has 3 N–H and O–H groups in total. The highest BCUT2D eigenvalue weighted by molar-refractivity contribution is 6.30. The summed E-state index contributed by atoms with van der Waals surface area (Å²) < 4.78 is 0. The molecule has 31 heavy (non-hydrogen) atoms. The lowest BCUT2D eigenvalue weighted by Gasteiger charge is -2.17. The second-order valence-corrected chi connectivity index (χ2v) is 6.72. The van der Waals surface area contributed by atoms with Crippen molar-refractivity contribution >= 4 is 35.0 Å². The van der Waals surface area contributed by atoms with Crippen LogP contribution in [-0.2, 0) is 4.79 Å². The molecule has 11 heteroatoms. The van der Waals surface area contributed by atoms with E-state index in [1.807, 2.05) is 0 Å². The maximum Gasteiger partial charge on any atom is 0.405 e. The molecule has 10 nitrogen and oxygen atoms in total. The molecule has 1 unspecified atom stereocenters. The third-order valence-electron chi connectivity index (χ3n) is 4.19. The lowest BCUT2D eigenvalue weighted by atomic mass is 10.0. The molecule has 0 aliphatic rings. The highest BCUT2D eigenvalue weighted by Gasteiger charge is 2.21. The number of carbonyl (C=O) groups excluding carboxylic acids is 1. The number of carboxylic acid groups (broad SMARTS) is 1. The molecule has 2 rings (SSSR count). The minimum atomic E-state index is -1.26. The Morgan fingerprint density at radius 3 is 2.61 bits per heavy atom. The first kappa shape index (κ1) is 23.5. The topological polar surface area (TPSA) is 147 Å². The summed E-state index contributed by atoms with van der Waals surface area (Å²) in [5.74, 6) is -0.360. The molecular weight excluding hydrogens is 426 g/mol. The summed E-state index contributed by atoms with van der Waals surface area (Å²) in [6.45, 7) is 7.17. The molecule has 2 amide bonds. The normalized spacial score (nSPS) is 11.3. The highest BCUT2D eigenvalue weighted by atomic mass is 35.5. The molecule has 0 radical (unpaired) electrons. The number of carbonyl (C=O) groups is 2. The maximum atomic E-state index is 12.2. The van der Waals surface area contributed by atoms with Crippen molar-refractivity contribution in [2.75, 3.05) is 5.32 Å². The SMILES string of the molecule is C=CCCC(=O)Nc1cc([N+](=O)[O-])ccc1-c1cc(C(CC=C)NC(=O)O)c(Cl)nn1. The van der Waals surface area contributed by atoms with Crippen LogP contribution in [0, 0.1) is 10.1 Å². The summed E-state index contributed by atoms with van der Waals surface area (Å²) in [6, 6.07) is 4.69. The Hall–Kier alpha value is -3.79. The second kappa shape index (κ2) is 10.8. The number of nitrogens with one attached hydrogen (secondary N) is 2. The minimum absolute atomic E-state index is 0.0113. The average Bonchev–Trinajstić information content (AvgIpc) is 2.72. The van der Waals surface area contributed by atoms with E-state index in [-0.39, 0.29) is 41.0 Å². The molecule has 0 aliphatic carbocycles. The van der Waals surface area contributed by atoms with E-state index in [2.05, 4.69) is 34.0 Å². The molecule has 1 heterocycles. The Bertz CT molecular complexity index is 1030. The average molecular weight is 446 g/mol. The van der Waals surface area contributed by atoms with E-state index in [9.17, 15) is 19.7 Å². The van der Waals surface area contributed by atoms with Gasteiger partial charge in [-0.2, -0.15) is 0 Å². The molecule has 1 aromatic carbocycles. The van der Waals surface area contributed by atoms with Crippen molar-refractivity contribution in [3.63, 3.8) is 0 Å². The number of hydrogen-bond donors (Lipinski definition) is 3. The lowest BCUT2D eigenvalue weighted by molar-refractivity contribution is -0.384. The van der Waals surface area contributed by atoms with Crippen molar-refractivity contribution in [3.8, 4) is 11.3 Å². The summed E-state index contributed by atoms with van der Waals surface area (Å²) in [6.07, 6.45) is 2.67. The summed E-state index contributed by atoms with van der Waals surface area (Å²) in [5, 5.41) is 33.1. The van der Waals surface area contributed by atoms with Gasteiger partial charge in [-0.3, -0.25) is 14.9 Å². The zero-order valence-corrected chi connectivity index (χ0v) is 17.1. The number of allylic oxidation sites excluding steroid dienone is 1. The van der Waals surface area contributed by atoms with Crippen LogP contribution in [0.25, 0.3) is 11.3 Å². The molecule has 0 saturated carbocycles. The van der Waals surface area contributed by atoms with Crippen LogP contribution in [0.2, 0.25) is 5.15 Å². The fourth-order valence-electron chi connectivity index (χ4n) is 2.76. The largest absolute Gasteiger partial charge is 0.465 e. The lowest BCUT2D eigenvalue weighted by Crippen LogP contribution is -2.27. The monoisotopic (exact) mass is 445 g/mol. The molecule has 0 bridgehead atoms. The number of anilines is 1. The number of non-ortho nitro benzene ring substituents is 1. The van der Waals surface area contributed by atoms with Crippen LogP contribution >= 0.6 is 11.6 Å². The Morgan fingerprint density at radius 2 is 2.00 bits per heavy atom. The molecular formula is C20H20ClN5O5. The van der Waals surface area contributed by atoms with Gasteiger partial charge in [-0.25, -0.2) is 4.79 Å². The van der Waals surface area contributed by atoms with Crippen molar-refractivity contribution < 1.29 is 19.6 Å². The number of aromatic nitrogens is 2. The molecule has 0 aliphatic heterocycles. The van der Waals surface area contributed by atoms with Gasteiger partial charge >= 0.3 is 6.09 Å². The van der Waals surface area contributed by atoms with Crippen molar-refractivity contribution in [2.24, 2.45) is 0 Å². The maximum absolute atomic E-state index is 12.2. The van der Waals surface area contributed by atoms with Crippen LogP contribution in [0.1, 0.15) is 30.9 Å². The first-order valence-corrected chi connectivity index (χ1v) is 9.47.